The van der Waals surface area contributed by atoms with Gasteiger partial charge in [0.15, 0.2) is 5.56 Å². The van der Waals surface area contributed by atoms with Crippen molar-refractivity contribution in [3.8, 4) is 5.88 Å². The van der Waals surface area contributed by atoms with E-state index in [-0.39, 0.29) is 12.2 Å². The number of hydrogen-bond donors (Lipinski definition) is 2. The van der Waals surface area contributed by atoms with Crippen LogP contribution in [0.15, 0.2) is 47.4 Å². The molecule has 0 unspecified atom stereocenters. The van der Waals surface area contributed by atoms with Crippen molar-refractivity contribution in [2.45, 2.75) is 13.5 Å². The molecule has 122 valence electrons. The van der Waals surface area contributed by atoms with Gasteiger partial charge in [0.05, 0.1) is 0 Å². The third-order valence-corrected chi connectivity index (χ3v) is 3.94. The molecule has 0 aliphatic heterocycles. The van der Waals surface area contributed by atoms with Gasteiger partial charge in [0.2, 0.25) is 5.88 Å². The first-order chi connectivity index (χ1) is 11.5. The Morgan fingerprint density at radius 3 is 2.79 bits per heavy atom. The van der Waals surface area contributed by atoms with E-state index in [0.717, 1.165) is 5.56 Å². The maximum Gasteiger partial charge on any atom is 0.274 e. The van der Waals surface area contributed by atoms with E-state index in [1.54, 1.807) is 42.6 Å². The molecular weight excluding hydrogens is 330 g/mol. The smallest absolute Gasteiger partial charge is 0.274 e. The number of nitrogens with one attached hydrogen (secondary N) is 1. The van der Waals surface area contributed by atoms with E-state index in [2.05, 4.69) is 10.3 Å². The number of rotatable bonds is 3. The summed E-state index contributed by atoms with van der Waals surface area (Å²) in [5.74, 6) is -1.30. The minimum Gasteiger partial charge on any atom is -0.493 e. The van der Waals surface area contributed by atoms with Crippen LogP contribution >= 0.6 is 11.6 Å². The summed E-state index contributed by atoms with van der Waals surface area (Å²) in [5.41, 5.74) is 0.782. The van der Waals surface area contributed by atoms with Gasteiger partial charge in [-0.25, -0.2) is 0 Å². The van der Waals surface area contributed by atoms with Crippen LogP contribution in [0.5, 0.6) is 5.88 Å². The molecule has 2 heterocycles. The Morgan fingerprint density at radius 2 is 2.04 bits per heavy atom. The topological polar surface area (TPSA) is 83.7 Å². The van der Waals surface area contributed by atoms with Crippen LogP contribution in [0.4, 0.5) is 0 Å². The van der Waals surface area contributed by atoms with Crippen molar-refractivity contribution >= 4 is 23.2 Å². The molecule has 0 bridgehead atoms. The first kappa shape index (κ1) is 16.0. The lowest BCUT2D eigenvalue weighted by molar-refractivity contribution is 0.0945. The van der Waals surface area contributed by atoms with Crippen LogP contribution in [-0.4, -0.2) is 20.4 Å². The second kappa shape index (κ2) is 6.33. The summed E-state index contributed by atoms with van der Waals surface area (Å²) in [5, 5.41) is 13.1. The molecule has 1 aromatic carbocycles. The molecule has 0 fully saturated rings. The second-order valence-electron chi connectivity index (χ2n) is 5.32. The first-order valence-corrected chi connectivity index (χ1v) is 7.59. The normalized spacial score (nSPS) is 10.8. The Kier molecular flexibility index (Phi) is 4.22. The summed E-state index contributed by atoms with van der Waals surface area (Å²) in [4.78, 5) is 28.7. The average molecular weight is 344 g/mol. The Hall–Kier alpha value is -2.86. The maximum absolute atomic E-state index is 12.5. The number of aromatic nitrogens is 2. The van der Waals surface area contributed by atoms with E-state index in [1.165, 1.54) is 4.40 Å². The van der Waals surface area contributed by atoms with Crippen molar-refractivity contribution in [1.82, 2.24) is 14.7 Å². The van der Waals surface area contributed by atoms with Gasteiger partial charge in [0.25, 0.3) is 11.5 Å². The molecule has 0 saturated heterocycles. The first-order valence-electron chi connectivity index (χ1n) is 7.21. The predicted molar refractivity (Wildman–Crippen MR) is 90.5 cm³/mol. The minimum absolute atomic E-state index is 0.133. The van der Waals surface area contributed by atoms with Crippen molar-refractivity contribution < 1.29 is 9.90 Å². The summed E-state index contributed by atoms with van der Waals surface area (Å²) in [6, 6.07) is 10.4. The zero-order chi connectivity index (χ0) is 17.3. The number of carbonyl (C=O) groups is 1. The number of fused-ring (bicyclic) bond motifs is 1. The van der Waals surface area contributed by atoms with Crippen LogP contribution in [0, 0.1) is 6.92 Å². The fourth-order valence-electron chi connectivity index (χ4n) is 2.34. The summed E-state index contributed by atoms with van der Waals surface area (Å²) in [6.07, 6.45) is 1.56. The van der Waals surface area contributed by atoms with Gasteiger partial charge >= 0.3 is 0 Å². The molecule has 3 rings (SSSR count). The number of hydrogen-bond acceptors (Lipinski definition) is 4. The van der Waals surface area contributed by atoms with Crippen LogP contribution in [0.25, 0.3) is 5.65 Å². The molecule has 2 aromatic heterocycles. The molecule has 0 atom stereocenters. The molecule has 6 nitrogen and oxygen atoms in total. The molecule has 1 amide bonds. The zero-order valence-electron chi connectivity index (χ0n) is 12.8. The summed E-state index contributed by atoms with van der Waals surface area (Å²) in [6.45, 7) is 1.95. The summed E-state index contributed by atoms with van der Waals surface area (Å²) >= 11 is 6.03. The molecule has 0 aliphatic rings. The highest BCUT2D eigenvalue weighted by atomic mass is 35.5. The number of benzene rings is 1. The molecule has 0 spiro atoms. The van der Waals surface area contributed by atoms with Crippen LogP contribution in [0.3, 0.4) is 0 Å². The van der Waals surface area contributed by atoms with E-state index in [0.29, 0.717) is 10.6 Å². The van der Waals surface area contributed by atoms with Gasteiger partial charge in [0, 0.05) is 17.8 Å². The number of pyridine rings is 1. The van der Waals surface area contributed by atoms with Gasteiger partial charge in [-0.05, 0) is 30.2 Å². The molecule has 2 N–H and O–H groups in total. The van der Waals surface area contributed by atoms with Crippen molar-refractivity contribution in [3.05, 3.63) is 74.7 Å². The van der Waals surface area contributed by atoms with Crippen LogP contribution in [-0.2, 0) is 6.54 Å². The van der Waals surface area contributed by atoms with Crippen molar-refractivity contribution in [2.75, 3.05) is 0 Å². The van der Waals surface area contributed by atoms with Crippen LogP contribution < -0.4 is 10.9 Å². The van der Waals surface area contributed by atoms with E-state index < -0.39 is 22.9 Å². The monoisotopic (exact) mass is 343 g/mol. The Bertz CT molecular complexity index is 998. The Morgan fingerprint density at radius 1 is 1.29 bits per heavy atom. The number of aromatic hydroxyl groups is 1. The highest BCUT2D eigenvalue weighted by molar-refractivity contribution is 6.31. The second-order valence-corrected chi connectivity index (χ2v) is 5.73. The Labute approximate surface area is 142 Å². The number of nitrogens with zero attached hydrogens (tertiary/aromatic N) is 2. The largest absolute Gasteiger partial charge is 0.493 e. The minimum atomic E-state index is -0.708. The van der Waals surface area contributed by atoms with Gasteiger partial charge in [0.1, 0.15) is 5.65 Å². The number of amides is 1. The fraction of sp³-hybridized carbons (Fsp3) is 0.118. The molecule has 0 radical (unpaired) electrons. The highest BCUT2D eigenvalue weighted by Crippen LogP contribution is 2.15. The maximum atomic E-state index is 12.5. The van der Waals surface area contributed by atoms with Gasteiger partial charge in [-0.1, -0.05) is 35.9 Å². The van der Waals surface area contributed by atoms with Crippen molar-refractivity contribution in [1.29, 1.82) is 0 Å². The highest BCUT2D eigenvalue weighted by Gasteiger charge is 2.19. The number of aryl methyl sites for hydroxylation is 1. The van der Waals surface area contributed by atoms with Crippen molar-refractivity contribution in [2.24, 2.45) is 0 Å². The fourth-order valence-corrected chi connectivity index (χ4v) is 2.54. The average Bonchev–Trinajstić information content (AvgIpc) is 2.55. The molecule has 7 heteroatoms. The van der Waals surface area contributed by atoms with E-state index in [9.17, 15) is 14.7 Å². The third-order valence-electron chi connectivity index (χ3n) is 3.58. The number of carbonyl (C=O) groups excluding carboxylic acids is 1. The van der Waals surface area contributed by atoms with Gasteiger partial charge in [-0.2, -0.15) is 4.98 Å². The van der Waals surface area contributed by atoms with Gasteiger partial charge in [-0.15, -0.1) is 0 Å². The molecule has 3 aromatic rings. The number of halogens is 1. The molecule has 0 saturated carbocycles. The summed E-state index contributed by atoms with van der Waals surface area (Å²) < 4.78 is 1.24. The van der Waals surface area contributed by atoms with E-state index >= 15 is 0 Å². The lowest BCUT2D eigenvalue weighted by atomic mass is 10.2. The lowest BCUT2D eigenvalue weighted by Crippen LogP contribution is -2.31. The van der Waals surface area contributed by atoms with Crippen LogP contribution in [0.1, 0.15) is 21.5 Å². The molecule has 24 heavy (non-hydrogen) atoms. The van der Waals surface area contributed by atoms with E-state index in [4.69, 9.17) is 11.6 Å². The SMILES string of the molecule is Cc1ccc2nc(O)c(C(=O)NCc3ccccc3Cl)c(=O)n2c1. The van der Waals surface area contributed by atoms with Crippen molar-refractivity contribution in [3.63, 3.8) is 0 Å². The standard InChI is InChI=1S/C17H14ClN3O3/c1-10-6-7-13-20-16(23)14(17(24)21(13)9-10)15(22)19-8-11-4-2-3-5-12(11)18/h2-7,9,23H,8H2,1H3,(H,19,22). The van der Waals surface area contributed by atoms with Crippen LogP contribution in [0.2, 0.25) is 5.02 Å². The quantitative estimate of drug-likeness (QED) is 0.764. The predicted octanol–water partition coefficient (Wildman–Crippen LogP) is 2.29. The van der Waals surface area contributed by atoms with Gasteiger partial charge in [-0.3, -0.25) is 14.0 Å². The molecular formula is C17H14ClN3O3. The third kappa shape index (κ3) is 2.96. The molecule has 0 aliphatic carbocycles. The zero-order valence-corrected chi connectivity index (χ0v) is 13.5. The van der Waals surface area contributed by atoms with Gasteiger partial charge < -0.3 is 10.4 Å². The van der Waals surface area contributed by atoms with E-state index in [1.807, 2.05) is 6.92 Å². The Balaban J connectivity index is 1.95. The lowest BCUT2D eigenvalue weighted by Gasteiger charge is -2.09. The summed E-state index contributed by atoms with van der Waals surface area (Å²) in [7, 11) is 0.